The molecule has 0 unspecified atom stereocenters. The molecule has 84 valence electrons. The molecule has 0 bridgehead atoms. The molecule has 1 saturated heterocycles. The summed E-state index contributed by atoms with van der Waals surface area (Å²) in [4.78, 5) is 0. The Morgan fingerprint density at radius 2 is 2.06 bits per heavy atom. The van der Waals surface area contributed by atoms with Gasteiger partial charge in [0.1, 0.15) is 0 Å². The van der Waals surface area contributed by atoms with E-state index in [-0.39, 0.29) is 0 Å². The third-order valence-electron chi connectivity index (χ3n) is 3.54. The van der Waals surface area contributed by atoms with Crippen LogP contribution in [0.15, 0.2) is 23.6 Å². The van der Waals surface area contributed by atoms with Crippen LogP contribution in [0.3, 0.4) is 0 Å². The van der Waals surface area contributed by atoms with Crippen molar-refractivity contribution < 1.29 is 0 Å². The Bertz CT molecular complexity index is 494. The molecular formula is C14H17NS. The van der Waals surface area contributed by atoms with Crippen LogP contribution in [0.2, 0.25) is 0 Å². The van der Waals surface area contributed by atoms with Crippen LogP contribution in [-0.2, 0) is 0 Å². The molecule has 3 rings (SSSR count). The third-order valence-corrected chi connectivity index (χ3v) is 4.52. The minimum atomic E-state index is 0.775. The molecule has 1 aromatic carbocycles. The average molecular weight is 231 g/mol. The van der Waals surface area contributed by atoms with Gasteiger partial charge in [0.2, 0.25) is 0 Å². The van der Waals surface area contributed by atoms with Gasteiger partial charge in [-0.15, -0.1) is 11.3 Å². The second kappa shape index (κ2) is 4.19. The molecule has 16 heavy (non-hydrogen) atoms. The first-order valence-electron chi connectivity index (χ1n) is 6.03. The Kier molecular flexibility index (Phi) is 2.70. The second-order valence-corrected chi connectivity index (χ2v) is 5.63. The van der Waals surface area contributed by atoms with E-state index in [1.165, 1.54) is 41.6 Å². The van der Waals surface area contributed by atoms with Crippen LogP contribution < -0.4 is 5.32 Å². The second-order valence-electron chi connectivity index (χ2n) is 4.71. The van der Waals surface area contributed by atoms with Crippen LogP contribution in [0, 0.1) is 6.92 Å². The first-order chi connectivity index (χ1) is 7.84. The highest BCUT2D eigenvalue weighted by atomic mass is 32.1. The maximum atomic E-state index is 3.44. The van der Waals surface area contributed by atoms with Gasteiger partial charge in [0.05, 0.1) is 0 Å². The van der Waals surface area contributed by atoms with E-state index in [4.69, 9.17) is 0 Å². The molecular weight excluding hydrogens is 214 g/mol. The van der Waals surface area contributed by atoms with Crippen molar-refractivity contribution in [3.63, 3.8) is 0 Å². The Morgan fingerprint density at radius 3 is 2.88 bits per heavy atom. The van der Waals surface area contributed by atoms with Gasteiger partial charge < -0.3 is 5.32 Å². The van der Waals surface area contributed by atoms with Gasteiger partial charge in [0.25, 0.3) is 0 Å². The molecule has 1 aliphatic rings. The van der Waals surface area contributed by atoms with Crippen LogP contribution in [-0.4, -0.2) is 13.1 Å². The topological polar surface area (TPSA) is 12.0 Å². The zero-order chi connectivity index (χ0) is 11.0. The lowest BCUT2D eigenvalue weighted by Crippen LogP contribution is -2.26. The number of hydrogen-bond acceptors (Lipinski definition) is 2. The fraction of sp³-hybridized carbons (Fsp3) is 0.429. The van der Waals surface area contributed by atoms with E-state index >= 15 is 0 Å². The first-order valence-corrected chi connectivity index (χ1v) is 6.91. The normalized spacial score (nSPS) is 18.1. The molecule has 0 atom stereocenters. The van der Waals surface area contributed by atoms with E-state index in [0.29, 0.717) is 0 Å². The van der Waals surface area contributed by atoms with Gasteiger partial charge in [-0.05, 0) is 61.2 Å². The number of benzene rings is 1. The lowest BCUT2D eigenvalue weighted by molar-refractivity contribution is 0.463. The molecule has 0 spiro atoms. The predicted molar refractivity (Wildman–Crippen MR) is 71.4 cm³/mol. The van der Waals surface area contributed by atoms with Gasteiger partial charge in [0.15, 0.2) is 0 Å². The van der Waals surface area contributed by atoms with E-state index in [2.05, 4.69) is 35.8 Å². The molecule has 0 saturated carbocycles. The fourth-order valence-electron chi connectivity index (χ4n) is 2.61. The fourth-order valence-corrected chi connectivity index (χ4v) is 3.64. The monoisotopic (exact) mass is 231 g/mol. The van der Waals surface area contributed by atoms with Crippen LogP contribution in [0.25, 0.3) is 10.1 Å². The Balaban J connectivity index is 2.05. The van der Waals surface area contributed by atoms with Gasteiger partial charge in [-0.2, -0.15) is 0 Å². The minimum Gasteiger partial charge on any atom is -0.317 e. The van der Waals surface area contributed by atoms with Crippen molar-refractivity contribution in [1.82, 2.24) is 5.32 Å². The van der Waals surface area contributed by atoms with Crippen molar-refractivity contribution in [2.45, 2.75) is 25.7 Å². The lowest BCUT2D eigenvalue weighted by Gasteiger charge is -2.22. The summed E-state index contributed by atoms with van der Waals surface area (Å²) in [6.07, 6.45) is 2.58. The van der Waals surface area contributed by atoms with Crippen molar-refractivity contribution in [3.05, 3.63) is 34.7 Å². The molecule has 2 heterocycles. The van der Waals surface area contributed by atoms with Gasteiger partial charge >= 0.3 is 0 Å². The summed E-state index contributed by atoms with van der Waals surface area (Å²) >= 11 is 1.90. The lowest BCUT2D eigenvalue weighted by atomic mass is 9.90. The van der Waals surface area contributed by atoms with E-state index in [0.717, 1.165) is 5.92 Å². The van der Waals surface area contributed by atoms with E-state index in [1.807, 2.05) is 11.3 Å². The van der Waals surface area contributed by atoms with Crippen LogP contribution in [0.5, 0.6) is 0 Å². The Hall–Kier alpha value is -0.860. The maximum Gasteiger partial charge on any atom is 0.0345 e. The van der Waals surface area contributed by atoms with Crippen LogP contribution >= 0.6 is 11.3 Å². The first kappa shape index (κ1) is 10.3. The van der Waals surface area contributed by atoms with E-state index < -0.39 is 0 Å². The van der Waals surface area contributed by atoms with Crippen molar-refractivity contribution in [2.75, 3.05) is 13.1 Å². The largest absolute Gasteiger partial charge is 0.317 e. The van der Waals surface area contributed by atoms with Crippen molar-refractivity contribution >= 4 is 21.4 Å². The standard InChI is InChI=1S/C14H17NS/c1-10-2-3-14-12(8-10)13(9-16-14)11-4-6-15-7-5-11/h2-3,8-9,11,15H,4-7H2,1H3. The van der Waals surface area contributed by atoms with Gasteiger partial charge in [-0.25, -0.2) is 0 Å². The molecule has 0 radical (unpaired) electrons. The minimum absolute atomic E-state index is 0.775. The quantitative estimate of drug-likeness (QED) is 0.789. The number of piperidine rings is 1. The number of aryl methyl sites for hydroxylation is 1. The number of rotatable bonds is 1. The molecule has 2 heteroatoms. The predicted octanol–water partition coefficient (Wildman–Crippen LogP) is 3.68. The number of fused-ring (bicyclic) bond motifs is 1. The Morgan fingerprint density at radius 1 is 1.25 bits per heavy atom. The summed E-state index contributed by atoms with van der Waals surface area (Å²) in [5.41, 5.74) is 2.96. The molecule has 0 amide bonds. The third kappa shape index (κ3) is 1.76. The average Bonchev–Trinajstić information content (AvgIpc) is 2.73. The molecule has 1 aromatic heterocycles. The van der Waals surface area contributed by atoms with Crippen molar-refractivity contribution in [3.8, 4) is 0 Å². The van der Waals surface area contributed by atoms with Gasteiger partial charge in [-0.1, -0.05) is 17.7 Å². The smallest absolute Gasteiger partial charge is 0.0345 e. The SMILES string of the molecule is Cc1ccc2scc(C3CCNCC3)c2c1. The highest BCUT2D eigenvalue weighted by Gasteiger charge is 2.18. The number of thiophene rings is 1. The zero-order valence-corrected chi connectivity index (χ0v) is 10.4. The maximum absolute atomic E-state index is 3.44. The summed E-state index contributed by atoms with van der Waals surface area (Å²) < 4.78 is 1.44. The summed E-state index contributed by atoms with van der Waals surface area (Å²) in [5, 5.41) is 7.31. The van der Waals surface area contributed by atoms with Crippen LogP contribution in [0.4, 0.5) is 0 Å². The number of hydrogen-bond donors (Lipinski definition) is 1. The van der Waals surface area contributed by atoms with Crippen molar-refractivity contribution in [1.29, 1.82) is 0 Å². The van der Waals surface area contributed by atoms with Crippen molar-refractivity contribution in [2.24, 2.45) is 0 Å². The van der Waals surface area contributed by atoms with E-state index in [9.17, 15) is 0 Å². The summed E-state index contributed by atoms with van der Waals surface area (Å²) in [6.45, 7) is 4.53. The molecule has 1 aliphatic heterocycles. The zero-order valence-electron chi connectivity index (χ0n) is 9.62. The molecule has 0 aliphatic carbocycles. The molecule has 1 nitrogen and oxygen atoms in total. The summed E-state index contributed by atoms with van der Waals surface area (Å²) in [6, 6.07) is 6.83. The molecule has 1 fully saturated rings. The highest BCUT2D eigenvalue weighted by Crippen LogP contribution is 2.35. The number of nitrogens with one attached hydrogen (secondary N) is 1. The van der Waals surface area contributed by atoms with Gasteiger partial charge in [0, 0.05) is 4.70 Å². The summed E-state index contributed by atoms with van der Waals surface area (Å²) in [5.74, 6) is 0.775. The van der Waals surface area contributed by atoms with Crippen LogP contribution in [0.1, 0.15) is 29.9 Å². The molecule has 1 N–H and O–H groups in total. The summed E-state index contributed by atoms with van der Waals surface area (Å²) in [7, 11) is 0. The highest BCUT2D eigenvalue weighted by molar-refractivity contribution is 7.17. The van der Waals surface area contributed by atoms with E-state index in [1.54, 1.807) is 5.56 Å². The van der Waals surface area contributed by atoms with Gasteiger partial charge in [-0.3, -0.25) is 0 Å². The Labute approximate surface area is 100 Å². The molecule has 2 aromatic rings.